The Balaban J connectivity index is 3.20. The van der Waals surface area contributed by atoms with Crippen LogP contribution < -0.4 is 15.0 Å². The van der Waals surface area contributed by atoms with E-state index in [-0.39, 0.29) is 6.54 Å². The van der Waals surface area contributed by atoms with Gasteiger partial charge in [0, 0.05) is 12.1 Å². The minimum atomic E-state index is 0.175. The number of aldehydes is 1. The van der Waals surface area contributed by atoms with E-state index in [1.807, 2.05) is 5.48 Å². The Morgan fingerprint density at radius 1 is 1.33 bits per heavy atom. The molecule has 0 atom stereocenters. The molecule has 0 saturated carbocycles. The van der Waals surface area contributed by atoms with Gasteiger partial charge in [-0.2, -0.15) is 0 Å². The molecule has 0 aliphatic carbocycles. The zero-order chi connectivity index (χ0) is 11.3. The number of nitrogens with one attached hydrogen (secondary N) is 1. The molecule has 0 heterocycles. The van der Waals surface area contributed by atoms with Gasteiger partial charge in [-0.15, -0.1) is 0 Å². The fraction of sp³-hybridized carbons (Fsp3) is 0.300. The largest absolute Gasteiger partial charge is 0.493 e. The van der Waals surface area contributed by atoms with Crippen molar-refractivity contribution in [2.75, 3.05) is 14.2 Å². The van der Waals surface area contributed by atoms with Gasteiger partial charge in [-0.05, 0) is 17.7 Å². The fourth-order valence-electron chi connectivity index (χ4n) is 1.28. The van der Waals surface area contributed by atoms with E-state index in [1.165, 1.54) is 14.2 Å². The summed E-state index contributed by atoms with van der Waals surface area (Å²) in [5, 5.41) is 8.59. The standard InChI is InChI=1S/C10H13NO4/c1-14-9-3-7(5-11-13)8(6-12)4-10(9)15-2/h3-4,6,11,13H,5H2,1-2H3. The second kappa shape index (κ2) is 5.33. The average Bonchev–Trinajstić information content (AvgIpc) is 2.28. The van der Waals surface area contributed by atoms with Gasteiger partial charge in [-0.25, -0.2) is 5.48 Å². The molecule has 0 unspecified atom stereocenters. The monoisotopic (exact) mass is 211 g/mol. The van der Waals surface area contributed by atoms with Crippen molar-refractivity contribution in [3.63, 3.8) is 0 Å². The van der Waals surface area contributed by atoms with Crippen molar-refractivity contribution in [1.29, 1.82) is 0 Å². The Morgan fingerprint density at radius 2 is 1.93 bits per heavy atom. The first-order valence-corrected chi connectivity index (χ1v) is 4.33. The van der Waals surface area contributed by atoms with Crippen LogP contribution >= 0.6 is 0 Å². The summed E-state index contributed by atoms with van der Waals surface area (Å²) in [6.07, 6.45) is 0.703. The van der Waals surface area contributed by atoms with Gasteiger partial charge in [-0.3, -0.25) is 4.79 Å². The van der Waals surface area contributed by atoms with Crippen molar-refractivity contribution >= 4 is 6.29 Å². The SMILES string of the molecule is COc1cc(C=O)c(CNO)cc1OC. The van der Waals surface area contributed by atoms with Gasteiger partial charge in [-0.1, -0.05) is 0 Å². The number of hydroxylamine groups is 1. The predicted octanol–water partition coefficient (Wildman–Crippen LogP) is 0.995. The molecule has 0 bridgehead atoms. The lowest BCUT2D eigenvalue weighted by Crippen LogP contribution is -2.09. The Morgan fingerprint density at radius 3 is 2.40 bits per heavy atom. The van der Waals surface area contributed by atoms with Crippen LogP contribution in [0.1, 0.15) is 15.9 Å². The maximum atomic E-state index is 10.8. The van der Waals surface area contributed by atoms with Crippen LogP contribution in [0.4, 0.5) is 0 Å². The summed E-state index contributed by atoms with van der Waals surface area (Å²) in [5.41, 5.74) is 3.09. The van der Waals surface area contributed by atoms with E-state index in [9.17, 15) is 4.79 Å². The summed E-state index contributed by atoms with van der Waals surface area (Å²) in [6.45, 7) is 0.175. The second-order valence-corrected chi connectivity index (χ2v) is 2.86. The number of hydrogen-bond acceptors (Lipinski definition) is 5. The highest BCUT2D eigenvalue weighted by Crippen LogP contribution is 2.29. The lowest BCUT2D eigenvalue weighted by atomic mass is 10.1. The first-order valence-electron chi connectivity index (χ1n) is 4.33. The van der Waals surface area contributed by atoms with Crippen molar-refractivity contribution in [2.24, 2.45) is 0 Å². The lowest BCUT2D eigenvalue weighted by molar-refractivity contribution is 0.112. The molecule has 5 heteroatoms. The van der Waals surface area contributed by atoms with E-state index in [1.54, 1.807) is 12.1 Å². The number of benzene rings is 1. The smallest absolute Gasteiger partial charge is 0.161 e. The van der Waals surface area contributed by atoms with Crippen molar-refractivity contribution in [3.8, 4) is 11.5 Å². The molecule has 1 aromatic carbocycles. The minimum Gasteiger partial charge on any atom is -0.493 e. The zero-order valence-electron chi connectivity index (χ0n) is 8.61. The number of carbonyl (C=O) groups is 1. The summed E-state index contributed by atoms with van der Waals surface area (Å²) < 4.78 is 10.1. The molecule has 0 aliphatic heterocycles. The van der Waals surface area contributed by atoms with E-state index in [4.69, 9.17) is 14.7 Å². The van der Waals surface area contributed by atoms with Gasteiger partial charge < -0.3 is 14.7 Å². The predicted molar refractivity (Wildman–Crippen MR) is 53.6 cm³/mol. The minimum absolute atomic E-state index is 0.175. The number of rotatable bonds is 5. The lowest BCUT2D eigenvalue weighted by Gasteiger charge is -2.11. The third-order valence-electron chi connectivity index (χ3n) is 2.04. The Kier molecular flexibility index (Phi) is 4.08. The molecule has 0 fully saturated rings. The Hall–Kier alpha value is -1.59. The average molecular weight is 211 g/mol. The highest BCUT2D eigenvalue weighted by atomic mass is 16.5. The van der Waals surface area contributed by atoms with E-state index >= 15 is 0 Å². The number of ether oxygens (including phenoxy) is 2. The van der Waals surface area contributed by atoms with Crippen LogP contribution in [-0.2, 0) is 6.54 Å². The Bertz CT molecular complexity index is 352. The first-order chi connectivity index (χ1) is 7.26. The van der Waals surface area contributed by atoms with E-state index < -0.39 is 0 Å². The first kappa shape index (κ1) is 11.5. The van der Waals surface area contributed by atoms with Crippen LogP contribution in [-0.4, -0.2) is 25.7 Å². The van der Waals surface area contributed by atoms with Crippen LogP contribution in [0.2, 0.25) is 0 Å². The van der Waals surface area contributed by atoms with E-state index in [2.05, 4.69) is 0 Å². The number of hydrogen-bond donors (Lipinski definition) is 2. The van der Waals surface area contributed by atoms with Gasteiger partial charge in [0.2, 0.25) is 0 Å². The van der Waals surface area contributed by atoms with E-state index in [0.717, 1.165) is 0 Å². The third kappa shape index (κ3) is 2.45. The summed E-state index contributed by atoms with van der Waals surface area (Å²) >= 11 is 0. The molecule has 0 aliphatic rings. The zero-order valence-corrected chi connectivity index (χ0v) is 8.61. The molecule has 0 amide bonds. The molecule has 0 radical (unpaired) electrons. The maximum absolute atomic E-state index is 10.8. The molecule has 0 aromatic heterocycles. The van der Waals surface area contributed by atoms with Crippen LogP contribution in [0.15, 0.2) is 12.1 Å². The molecular weight excluding hydrogens is 198 g/mol. The molecule has 15 heavy (non-hydrogen) atoms. The molecule has 1 aromatic rings. The third-order valence-corrected chi connectivity index (χ3v) is 2.04. The van der Waals surface area contributed by atoms with Crippen LogP contribution in [0.25, 0.3) is 0 Å². The molecule has 2 N–H and O–H groups in total. The van der Waals surface area contributed by atoms with E-state index in [0.29, 0.717) is 28.9 Å². The van der Waals surface area contributed by atoms with Gasteiger partial charge in [0.25, 0.3) is 0 Å². The topological polar surface area (TPSA) is 67.8 Å². The summed E-state index contributed by atoms with van der Waals surface area (Å²) in [7, 11) is 3.00. The van der Waals surface area contributed by atoms with Gasteiger partial charge in [0.15, 0.2) is 17.8 Å². The Labute approximate surface area is 87.6 Å². The van der Waals surface area contributed by atoms with Crippen molar-refractivity contribution in [2.45, 2.75) is 6.54 Å². The van der Waals surface area contributed by atoms with Gasteiger partial charge in [0.05, 0.1) is 14.2 Å². The van der Waals surface area contributed by atoms with Gasteiger partial charge >= 0.3 is 0 Å². The number of carbonyl (C=O) groups excluding carboxylic acids is 1. The fourth-order valence-corrected chi connectivity index (χ4v) is 1.28. The molecule has 1 rings (SSSR count). The maximum Gasteiger partial charge on any atom is 0.161 e. The highest BCUT2D eigenvalue weighted by molar-refractivity contribution is 5.79. The normalized spacial score (nSPS) is 9.80. The van der Waals surface area contributed by atoms with Crippen LogP contribution in [0.3, 0.4) is 0 Å². The van der Waals surface area contributed by atoms with Crippen molar-refractivity contribution in [3.05, 3.63) is 23.3 Å². The van der Waals surface area contributed by atoms with Crippen molar-refractivity contribution in [1.82, 2.24) is 5.48 Å². The summed E-state index contributed by atoms with van der Waals surface area (Å²) in [4.78, 5) is 10.8. The van der Waals surface area contributed by atoms with Crippen LogP contribution in [0, 0.1) is 0 Å². The molecule has 0 spiro atoms. The van der Waals surface area contributed by atoms with Gasteiger partial charge in [0.1, 0.15) is 0 Å². The molecular formula is C10H13NO4. The van der Waals surface area contributed by atoms with Crippen LogP contribution in [0.5, 0.6) is 11.5 Å². The number of methoxy groups -OCH3 is 2. The molecule has 5 nitrogen and oxygen atoms in total. The second-order valence-electron chi connectivity index (χ2n) is 2.86. The van der Waals surface area contributed by atoms with Crippen molar-refractivity contribution < 1.29 is 19.5 Å². The molecule has 0 saturated heterocycles. The molecule has 82 valence electrons. The summed E-state index contributed by atoms with van der Waals surface area (Å²) in [6, 6.07) is 3.21. The summed E-state index contributed by atoms with van der Waals surface area (Å²) in [5.74, 6) is 1.01. The highest BCUT2D eigenvalue weighted by Gasteiger charge is 2.09. The quantitative estimate of drug-likeness (QED) is 0.561.